The van der Waals surface area contributed by atoms with Gasteiger partial charge in [0.1, 0.15) is 4.90 Å². The van der Waals surface area contributed by atoms with Crippen molar-refractivity contribution in [1.82, 2.24) is 4.31 Å². The van der Waals surface area contributed by atoms with E-state index >= 15 is 0 Å². The molecule has 0 bridgehead atoms. The maximum Gasteiger partial charge on any atom is 0.244 e. The fraction of sp³-hybridized carbons (Fsp3) is 0.500. The van der Waals surface area contributed by atoms with Gasteiger partial charge in [-0.3, -0.25) is 0 Å². The smallest absolute Gasteiger partial charge is 0.244 e. The van der Waals surface area contributed by atoms with Gasteiger partial charge >= 0.3 is 0 Å². The Morgan fingerprint density at radius 3 is 2.79 bits per heavy atom. The molecule has 0 radical (unpaired) electrons. The van der Waals surface area contributed by atoms with Crippen molar-refractivity contribution in [1.29, 1.82) is 0 Å². The Bertz CT molecular complexity index is 587. The number of halogens is 1. The summed E-state index contributed by atoms with van der Waals surface area (Å²) in [7, 11) is -3.72. The number of hydrogen-bond donors (Lipinski definition) is 2. The fourth-order valence-corrected chi connectivity index (χ4v) is 4.34. The van der Waals surface area contributed by atoms with Crippen molar-refractivity contribution >= 4 is 27.3 Å². The van der Waals surface area contributed by atoms with Crippen LogP contribution in [-0.4, -0.2) is 36.5 Å². The topological polar surface area (TPSA) is 83.6 Å². The molecule has 0 aliphatic carbocycles. The van der Waals surface area contributed by atoms with Gasteiger partial charge in [0.25, 0.3) is 0 Å². The summed E-state index contributed by atoms with van der Waals surface area (Å²) in [4.78, 5) is -0.00753. The number of sulfonamides is 1. The van der Waals surface area contributed by atoms with E-state index in [0.29, 0.717) is 25.1 Å². The number of nitrogens with two attached hydrogens (primary N) is 1. The molecule has 5 nitrogen and oxygen atoms in total. The first kappa shape index (κ1) is 14.6. The van der Waals surface area contributed by atoms with Crippen molar-refractivity contribution in [2.45, 2.75) is 30.3 Å². The van der Waals surface area contributed by atoms with Crippen molar-refractivity contribution in [3.8, 4) is 0 Å². The van der Waals surface area contributed by atoms with Gasteiger partial charge in [-0.15, -0.1) is 0 Å². The Morgan fingerprint density at radius 1 is 1.47 bits per heavy atom. The molecule has 2 rings (SSSR count). The minimum atomic E-state index is -3.72. The van der Waals surface area contributed by atoms with Crippen molar-refractivity contribution in [3.05, 3.63) is 23.2 Å². The average Bonchev–Trinajstić information content (AvgIpc) is 2.31. The third kappa shape index (κ3) is 3.02. The van der Waals surface area contributed by atoms with Crippen LogP contribution in [0, 0.1) is 0 Å². The molecule has 1 aromatic carbocycles. The molecule has 19 heavy (non-hydrogen) atoms. The zero-order valence-corrected chi connectivity index (χ0v) is 12.2. The Kier molecular flexibility index (Phi) is 3.79. The predicted molar refractivity (Wildman–Crippen MR) is 74.5 cm³/mol. The van der Waals surface area contributed by atoms with Crippen LogP contribution in [0.15, 0.2) is 23.1 Å². The molecular weight excluding hydrogens is 288 g/mol. The molecule has 1 fully saturated rings. The lowest BCUT2D eigenvalue weighted by atomic mass is 9.97. The molecule has 1 aromatic rings. The summed E-state index contributed by atoms with van der Waals surface area (Å²) in [5.41, 5.74) is 4.95. The zero-order chi connectivity index (χ0) is 14.3. The van der Waals surface area contributed by atoms with Crippen molar-refractivity contribution in [2.24, 2.45) is 0 Å². The van der Waals surface area contributed by atoms with Gasteiger partial charge in [0.2, 0.25) is 10.0 Å². The maximum absolute atomic E-state index is 12.5. The summed E-state index contributed by atoms with van der Waals surface area (Å²) in [5, 5.41) is 10.2. The van der Waals surface area contributed by atoms with Gasteiger partial charge in [0.15, 0.2) is 0 Å². The predicted octanol–water partition coefficient (Wildman–Crippen LogP) is 1.46. The van der Waals surface area contributed by atoms with E-state index in [9.17, 15) is 13.5 Å². The molecule has 3 N–H and O–H groups in total. The van der Waals surface area contributed by atoms with E-state index in [1.807, 2.05) is 0 Å². The Labute approximate surface area is 118 Å². The molecule has 0 saturated carbocycles. The number of hydrogen-bond acceptors (Lipinski definition) is 4. The van der Waals surface area contributed by atoms with Crippen molar-refractivity contribution < 1.29 is 13.5 Å². The number of piperidine rings is 1. The van der Waals surface area contributed by atoms with Crippen LogP contribution in [0.4, 0.5) is 5.69 Å². The summed E-state index contributed by atoms with van der Waals surface area (Å²) in [6, 6.07) is 4.36. The first-order valence-corrected chi connectivity index (χ1v) is 7.82. The van der Waals surface area contributed by atoms with Gasteiger partial charge in [-0.25, -0.2) is 8.42 Å². The molecular formula is C12H17ClN2O3S. The molecule has 1 aliphatic heterocycles. The molecule has 106 valence electrons. The summed E-state index contributed by atoms with van der Waals surface area (Å²) in [6.07, 6.45) is 1.20. The summed E-state index contributed by atoms with van der Waals surface area (Å²) >= 11 is 5.95. The van der Waals surface area contributed by atoms with Gasteiger partial charge in [-0.05, 0) is 38.0 Å². The highest BCUT2D eigenvalue weighted by atomic mass is 35.5. The molecule has 0 aromatic heterocycles. The lowest BCUT2D eigenvalue weighted by Gasteiger charge is -2.36. The Hall–Kier alpha value is -0.820. The molecule has 1 aliphatic rings. The first-order chi connectivity index (χ1) is 8.72. The number of rotatable bonds is 2. The molecule has 1 heterocycles. The minimum Gasteiger partial charge on any atom is -0.399 e. The molecule has 0 amide bonds. The Balaban J connectivity index is 2.39. The highest BCUT2D eigenvalue weighted by Crippen LogP contribution is 2.30. The lowest BCUT2D eigenvalue weighted by Crippen LogP contribution is -2.48. The van der Waals surface area contributed by atoms with Gasteiger partial charge < -0.3 is 10.8 Å². The highest BCUT2D eigenvalue weighted by molar-refractivity contribution is 7.89. The van der Waals surface area contributed by atoms with Crippen LogP contribution in [0.5, 0.6) is 0 Å². The zero-order valence-electron chi connectivity index (χ0n) is 10.6. The number of aliphatic hydroxyl groups is 1. The van der Waals surface area contributed by atoms with Crippen LogP contribution < -0.4 is 5.73 Å². The van der Waals surface area contributed by atoms with Crippen LogP contribution in [0.3, 0.4) is 0 Å². The second-order valence-electron chi connectivity index (χ2n) is 5.13. The van der Waals surface area contributed by atoms with E-state index in [1.165, 1.54) is 16.4 Å². The van der Waals surface area contributed by atoms with E-state index in [-0.39, 0.29) is 16.5 Å². The highest BCUT2D eigenvalue weighted by Gasteiger charge is 2.36. The number of nitrogen functional groups attached to an aromatic ring is 1. The number of nitrogens with zero attached hydrogens (tertiary/aromatic N) is 1. The van der Waals surface area contributed by atoms with E-state index in [0.717, 1.165) is 0 Å². The maximum atomic E-state index is 12.5. The fourth-order valence-electron chi connectivity index (χ4n) is 2.24. The number of β-amino-alcohol motifs (C(OH)–C–C–N with tert-alkyl or cyclic N) is 1. The SMILES string of the molecule is CC1(O)CCCN(S(=O)(=O)c2cc(N)ccc2Cl)C1. The third-order valence-corrected chi connectivity index (χ3v) is 5.54. The summed E-state index contributed by atoms with van der Waals surface area (Å²) in [5.74, 6) is 0. The standard InChI is InChI=1S/C12H17ClN2O3S/c1-12(16)5-2-6-15(8-12)19(17,18)11-7-9(14)3-4-10(11)13/h3-4,7,16H,2,5-6,8,14H2,1H3. The second-order valence-corrected chi connectivity index (χ2v) is 7.44. The van der Waals surface area contributed by atoms with Gasteiger partial charge in [0.05, 0.1) is 10.6 Å². The molecule has 1 saturated heterocycles. The van der Waals surface area contributed by atoms with E-state index in [1.54, 1.807) is 13.0 Å². The van der Waals surface area contributed by atoms with Crippen LogP contribution in [-0.2, 0) is 10.0 Å². The van der Waals surface area contributed by atoms with E-state index in [4.69, 9.17) is 17.3 Å². The van der Waals surface area contributed by atoms with Crippen molar-refractivity contribution in [3.63, 3.8) is 0 Å². The van der Waals surface area contributed by atoms with E-state index < -0.39 is 15.6 Å². The Morgan fingerprint density at radius 2 is 2.16 bits per heavy atom. The summed E-state index contributed by atoms with van der Waals surface area (Å²) < 4.78 is 26.3. The number of benzene rings is 1. The van der Waals surface area contributed by atoms with Crippen LogP contribution in [0.2, 0.25) is 5.02 Å². The third-order valence-electron chi connectivity index (χ3n) is 3.21. The van der Waals surface area contributed by atoms with Gasteiger partial charge in [-0.2, -0.15) is 4.31 Å². The van der Waals surface area contributed by atoms with Crippen LogP contribution in [0.25, 0.3) is 0 Å². The lowest BCUT2D eigenvalue weighted by molar-refractivity contribution is 0.00940. The van der Waals surface area contributed by atoms with Crippen molar-refractivity contribution in [2.75, 3.05) is 18.8 Å². The van der Waals surface area contributed by atoms with Crippen LogP contribution >= 0.6 is 11.6 Å². The monoisotopic (exact) mass is 304 g/mol. The number of anilines is 1. The van der Waals surface area contributed by atoms with Gasteiger partial charge in [0, 0.05) is 18.8 Å². The second kappa shape index (κ2) is 4.94. The average molecular weight is 305 g/mol. The largest absolute Gasteiger partial charge is 0.399 e. The van der Waals surface area contributed by atoms with E-state index in [2.05, 4.69) is 0 Å². The minimum absolute atomic E-state index is 0.00753. The summed E-state index contributed by atoms with van der Waals surface area (Å²) in [6.45, 7) is 2.08. The van der Waals surface area contributed by atoms with Gasteiger partial charge in [-0.1, -0.05) is 11.6 Å². The molecule has 0 spiro atoms. The molecule has 1 unspecified atom stereocenters. The molecule has 7 heteroatoms. The molecule has 1 atom stereocenters. The quantitative estimate of drug-likeness (QED) is 0.810. The first-order valence-electron chi connectivity index (χ1n) is 6.00. The normalized spacial score (nSPS) is 25.4. The van der Waals surface area contributed by atoms with Crippen LogP contribution in [0.1, 0.15) is 19.8 Å².